The van der Waals surface area contributed by atoms with Gasteiger partial charge in [-0.2, -0.15) is 0 Å². The first kappa shape index (κ1) is 22.5. The van der Waals surface area contributed by atoms with Crippen LogP contribution in [0.1, 0.15) is 17.5 Å². The highest BCUT2D eigenvalue weighted by Crippen LogP contribution is 2.22. The summed E-state index contributed by atoms with van der Waals surface area (Å²) in [5.41, 5.74) is 2.12. The summed E-state index contributed by atoms with van der Waals surface area (Å²) >= 11 is 7.86. The number of halogens is 2. The fraction of sp³-hybridized carbons (Fsp3) is 0.316. The van der Waals surface area contributed by atoms with Crippen molar-refractivity contribution >= 4 is 35.8 Å². The van der Waals surface area contributed by atoms with Gasteiger partial charge in [0, 0.05) is 35.5 Å². The van der Waals surface area contributed by atoms with Crippen LogP contribution in [0.15, 0.2) is 53.7 Å². The average Bonchev–Trinajstić information content (AvgIpc) is 3.09. The van der Waals surface area contributed by atoms with Gasteiger partial charge in [0.15, 0.2) is 0 Å². The standard InChI is InChI=1S/C19H22ClN5OS.ClH/c1-25-19(22-23-24-25)27-12-6-11-21-13-15-7-3-5-10-18(15)26-14-16-8-2-4-9-17(16)20;/h2-5,7-10,21H,6,11-14H2,1H3;1H. The minimum Gasteiger partial charge on any atom is -0.489 e. The molecule has 0 fully saturated rings. The molecule has 0 saturated heterocycles. The third-order valence-electron chi connectivity index (χ3n) is 3.94. The monoisotopic (exact) mass is 439 g/mol. The second-order valence-electron chi connectivity index (χ2n) is 5.95. The molecule has 2 aromatic carbocycles. The van der Waals surface area contributed by atoms with Crippen LogP contribution in [0.25, 0.3) is 0 Å². The lowest BCUT2D eigenvalue weighted by atomic mass is 10.2. The van der Waals surface area contributed by atoms with Crippen LogP contribution < -0.4 is 10.1 Å². The number of para-hydroxylation sites is 1. The third-order valence-corrected chi connectivity index (χ3v) is 5.40. The van der Waals surface area contributed by atoms with Gasteiger partial charge in [0.2, 0.25) is 5.16 Å². The van der Waals surface area contributed by atoms with Crippen LogP contribution in [0.4, 0.5) is 0 Å². The molecule has 0 bridgehead atoms. The van der Waals surface area contributed by atoms with E-state index in [0.29, 0.717) is 6.61 Å². The Morgan fingerprint density at radius 3 is 2.61 bits per heavy atom. The van der Waals surface area contributed by atoms with Crippen LogP contribution in [-0.2, 0) is 20.2 Å². The van der Waals surface area contributed by atoms with Gasteiger partial charge in [-0.3, -0.25) is 0 Å². The smallest absolute Gasteiger partial charge is 0.209 e. The molecule has 6 nitrogen and oxygen atoms in total. The van der Waals surface area contributed by atoms with Gasteiger partial charge in [0.1, 0.15) is 12.4 Å². The quantitative estimate of drug-likeness (QED) is 0.378. The molecule has 0 aliphatic rings. The topological polar surface area (TPSA) is 64.9 Å². The molecule has 1 N–H and O–H groups in total. The normalized spacial score (nSPS) is 10.5. The Morgan fingerprint density at radius 2 is 1.86 bits per heavy atom. The van der Waals surface area contributed by atoms with E-state index >= 15 is 0 Å². The lowest BCUT2D eigenvalue weighted by Gasteiger charge is -2.13. The van der Waals surface area contributed by atoms with E-state index in [1.54, 1.807) is 16.4 Å². The minimum atomic E-state index is 0. The molecule has 28 heavy (non-hydrogen) atoms. The van der Waals surface area contributed by atoms with Gasteiger partial charge in [-0.05, 0) is 35.5 Å². The van der Waals surface area contributed by atoms with Gasteiger partial charge in [-0.15, -0.1) is 17.5 Å². The summed E-state index contributed by atoms with van der Waals surface area (Å²) < 4.78 is 7.68. The molecule has 3 rings (SSSR count). The molecule has 0 aliphatic carbocycles. The molecule has 0 atom stereocenters. The molecule has 150 valence electrons. The van der Waals surface area contributed by atoms with Crippen LogP contribution >= 0.6 is 35.8 Å². The Kier molecular flexibility index (Phi) is 9.57. The molecule has 3 aromatic rings. The van der Waals surface area contributed by atoms with E-state index in [1.807, 2.05) is 49.5 Å². The molecule has 9 heteroatoms. The maximum Gasteiger partial charge on any atom is 0.209 e. The number of ether oxygens (including phenoxy) is 1. The fourth-order valence-electron chi connectivity index (χ4n) is 2.49. The molecule has 0 unspecified atom stereocenters. The molecule has 0 aliphatic heterocycles. The number of aromatic nitrogens is 4. The van der Waals surface area contributed by atoms with E-state index in [1.165, 1.54) is 0 Å². The number of hydrogen-bond donors (Lipinski definition) is 1. The predicted octanol–water partition coefficient (Wildman–Crippen LogP) is 4.14. The molecule has 1 heterocycles. The van der Waals surface area contributed by atoms with Crippen molar-refractivity contribution in [3.05, 3.63) is 64.7 Å². The zero-order valence-corrected chi connectivity index (χ0v) is 17.9. The molecular formula is C19H23Cl2N5OS. The van der Waals surface area contributed by atoms with Crippen LogP contribution in [0.3, 0.4) is 0 Å². The summed E-state index contributed by atoms with van der Waals surface area (Å²) in [6, 6.07) is 15.8. The highest BCUT2D eigenvalue weighted by atomic mass is 35.5. The first-order valence-electron chi connectivity index (χ1n) is 8.74. The Morgan fingerprint density at radius 1 is 1.11 bits per heavy atom. The first-order chi connectivity index (χ1) is 13.2. The Labute approximate surface area is 180 Å². The van der Waals surface area contributed by atoms with Crippen LogP contribution in [-0.4, -0.2) is 32.5 Å². The van der Waals surface area contributed by atoms with Crippen LogP contribution in [0, 0.1) is 0 Å². The first-order valence-corrected chi connectivity index (χ1v) is 10.1. The number of tetrazole rings is 1. The Hall–Kier alpha value is -1.80. The highest BCUT2D eigenvalue weighted by molar-refractivity contribution is 7.99. The maximum atomic E-state index is 6.20. The van der Waals surface area contributed by atoms with Gasteiger partial charge in [-0.25, -0.2) is 4.68 Å². The van der Waals surface area contributed by atoms with Crippen molar-refractivity contribution in [3.63, 3.8) is 0 Å². The van der Waals surface area contributed by atoms with E-state index in [-0.39, 0.29) is 12.4 Å². The van der Waals surface area contributed by atoms with Crippen LogP contribution in [0.2, 0.25) is 5.02 Å². The summed E-state index contributed by atoms with van der Waals surface area (Å²) in [5.74, 6) is 1.84. The molecule has 1 aromatic heterocycles. The maximum absolute atomic E-state index is 6.20. The fourth-order valence-corrected chi connectivity index (χ4v) is 3.47. The Bertz CT molecular complexity index is 862. The van der Waals surface area contributed by atoms with Crippen molar-refractivity contribution in [3.8, 4) is 5.75 Å². The lowest BCUT2D eigenvalue weighted by molar-refractivity contribution is 0.302. The van der Waals surface area contributed by atoms with E-state index in [0.717, 1.165) is 52.3 Å². The van der Waals surface area contributed by atoms with Gasteiger partial charge in [0.05, 0.1) is 0 Å². The second-order valence-corrected chi connectivity index (χ2v) is 7.42. The average molecular weight is 440 g/mol. The number of hydrogen-bond acceptors (Lipinski definition) is 6. The molecule has 0 amide bonds. The number of thioether (sulfide) groups is 1. The zero-order chi connectivity index (χ0) is 18.9. The van der Waals surface area contributed by atoms with E-state index < -0.39 is 0 Å². The highest BCUT2D eigenvalue weighted by Gasteiger charge is 2.06. The van der Waals surface area contributed by atoms with Gasteiger partial charge in [0.25, 0.3) is 0 Å². The van der Waals surface area contributed by atoms with Crippen molar-refractivity contribution in [2.75, 3.05) is 12.3 Å². The number of benzene rings is 2. The number of rotatable bonds is 10. The summed E-state index contributed by atoms with van der Waals surface area (Å²) in [5, 5.41) is 16.5. The Balaban J connectivity index is 0.00000280. The second kappa shape index (κ2) is 11.9. The predicted molar refractivity (Wildman–Crippen MR) is 115 cm³/mol. The van der Waals surface area contributed by atoms with Crippen molar-refractivity contribution in [2.45, 2.75) is 24.7 Å². The third kappa shape index (κ3) is 6.67. The summed E-state index contributed by atoms with van der Waals surface area (Å²) in [4.78, 5) is 0. The number of nitrogens with one attached hydrogen (secondary N) is 1. The number of nitrogens with zero attached hydrogens (tertiary/aromatic N) is 4. The molecule has 0 spiro atoms. The molecular weight excluding hydrogens is 417 g/mol. The summed E-state index contributed by atoms with van der Waals surface area (Å²) in [7, 11) is 1.85. The van der Waals surface area contributed by atoms with Gasteiger partial charge in [-0.1, -0.05) is 59.8 Å². The summed E-state index contributed by atoms with van der Waals surface area (Å²) in [6.45, 7) is 2.13. The van der Waals surface area contributed by atoms with Gasteiger partial charge < -0.3 is 10.1 Å². The zero-order valence-electron chi connectivity index (χ0n) is 15.5. The van der Waals surface area contributed by atoms with Crippen molar-refractivity contribution in [2.24, 2.45) is 7.05 Å². The van der Waals surface area contributed by atoms with Crippen molar-refractivity contribution in [1.29, 1.82) is 0 Å². The largest absolute Gasteiger partial charge is 0.489 e. The lowest BCUT2D eigenvalue weighted by Crippen LogP contribution is -2.16. The van der Waals surface area contributed by atoms with Crippen molar-refractivity contribution < 1.29 is 4.74 Å². The van der Waals surface area contributed by atoms with Gasteiger partial charge >= 0.3 is 0 Å². The number of aryl methyl sites for hydroxylation is 1. The minimum absolute atomic E-state index is 0. The van der Waals surface area contributed by atoms with E-state index in [2.05, 4.69) is 26.9 Å². The summed E-state index contributed by atoms with van der Waals surface area (Å²) in [6.07, 6.45) is 1.03. The van der Waals surface area contributed by atoms with Crippen LogP contribution in [0.5, 0.6) is 5.75 Å². The molecule has 0 saturated carbocycles. The van der Waals surface area contributed by atoms with E-state index in [9.17, 15) is 0 Å². The van der Waals surface area contributed by atoms with Crippen molar-refractivity contribution in [1.82, 2.24) is 25.5 Å². The SMILES string of the molecule is Cl.Cn1nnnc1SCCCNCc1ccccc1OCc1ccccc1Cl. The van der Waals surface area contributed by atoms with E-state index in [4.69, 9.17) is 16.3 Å². The molecule has 0 radical (unpaired) electrons.